The summed E-state index contributed by atoms with van der Waals surface area (Å²) in [6.07, 6.45) is 1.32. The fourth-order valence-electron chi connectivity index (χ4n) is 3.64. The van der Waals surface area contributed by atoms with Crippen LogP contribution in [0.2, 0.25) is 5.02 Å². The number of fused-ring (bicyclic) bond motifs is 1. The van der Waals surface area contributed by atoms with E-state index in [2.05, 4.69) is 34.1 Å². The SMILES string of the molecule is CCC(CN1CCN(C)CC1)NC(=O)Cc1c(C)[nH]c2ccc(Cl)cc12. The van der Waals surface area contributed by atoms with E-state index >= 15 is 0 Å². The van der Waals surface area contributed by atoms with Crippen LogP contribution in [-0.2, 0) is 11.2 Å². The van der Waals surface area contributed by atoms with E-state index in [1.165, 1.54) is 0 Å². The third-order valence-electron chi connectivity index (χ3n) is 5.35. The largest absolute Gasteiger partial charge is 0.358 e. The number of nitrogens with one attached hydrogen (secondary N) is 2. The fraction of sp³-hybridized carbons (Fsp3) is 0.550. The molecular formula is C20H29ClN4O. The number of aryl methyl sites for hydroxylation is 1. The smallest absolute Gasteiger partial charge is 0.224 e. The van der Waals surface area contributed by atoms with Crippen LogP contribution in [0.1, 0.15) is 24.6 Å². The van der Waals surface area contributed by atoms with E-state index in [-0.39, 0.29) is 11.9 Å². The molecule has 1 aliphatic heterocycles. The highest BCUT2D eigenvalue weighted by atomic mass is 35.5. The molecule has 0 radical (unpaired) electrons. The molecule has 1 aromatic heterocycles. The van der Waals surface area contributed by atoms with Gasteiger partial charge in [0.05, 0.1) is 6.42 Å². The van der Waals surface area contributed by atoms with Gasteiger partial charge in [-0.2, -0.15) is 0 Å². The lowest BCUT2D eigenvalue weighted by molar-refractivity contribution is -0.121. The normalized spacial score (nSPS) is 17.5. The minimum Gasteiger partial charge on any atom is -0.358 e. The molecule has 1 atom stereocenters. The number of H-pyrrole nitrogens is 1. The second-order valence-corrected chi connectivity index (χ2v) is 7.81. The second kappa shape index (κ2) is 8.42. The van der Waals surface area contributed by atoms with Crippen LogP contribution in [0, 0.1) is 6.92 Å². The van der Waals surface area contributed by atoms with Crippen molar-refractivity contribution in [3.63, 3.8) is 0 Å². The van der Waals surface area contributed by atoms with Gasteiger partial charge in [0, 0.05) is 60.4 Å². The zero-order valence-corrected chi connectivity index (χ0v) is 16.7. The number of amides is 1. The topological polar surface area (TPSA) is 51.4 Å². The van der Waals surface area contributed by atoms with Gasteiger partial charge in [-0.05, 0) is 44.2 Å². The molecule has 0 bridgehead atoms. The van der Waals surface area contributed by atoms with E-state index in [1.807, 2.05) is 25.1 Å². The fourth-order valence-corrected chi connectivity index (χ4v) is 3.81. The van der Waals surface area contributed by atoms with Gasteiger partial charge in [-0.15, -0.1) is 0 Å². The number of carbonyl (C=O) groups excluding carboxylic acids is 1. The summed E-state index contributed by atoms with van der Waals surface area (Å²) in [6.45, 7) is 9.41. The van der Waals surface area contributed by atoms with Crippen molar-refractivity contribution in [2.75, 3.05) is 39.8 Å². The van der Waals surface area contributed by atoms with Gasteiger partial charge < -0.3 is 15.2 Å². The average Bonchev–Trinajstić information content (AvgIpc) is 2.91. The van der Waals surface area contributed by atoms with Crippen molar-refractivity contribution >= 4 is 28.4 Å². The number of aromatic amines is 1. The van der Waals surface area contributed by atoms with Gasteiger partial charge >= 0.3 is 0 Å². The predicted molar refractivity (Wildman–Crippen MR) is 108 cm³/mol. The molecule has 0 aliphatic carbocycles. The Kier molecular flexibility index (Phi) is 6.22. The van der Waals surface area contributed by atoms with E-state index in [9.17, 15) is 4.79 Å². The van der Waals surface area contributed by atoms with E-state index in [0.29, 0.717) is 11.4 Å². The van der Waals surface area contributed by atoms with Gasteiger partial charge in [-0.25, -0.2) is 0 Å². The first kappa shape index (κ1) is 19.2. The summed E-state index contributed by atoms with van der Waals surface area (Å²) in [5.74, 6) is 0.0787. The number of benzene rings is 1. The maximum atomic E-state index is 12.7. The molecule has 1 fully saturated rings. The minimum atomic E-state index is 0.0787. The molecule has 1 aromatic carbocycles. The molecule has 1 unspecified atom stereocenters. The maximum absolute atomic E-state index is 12.7. The minimum absolute atomic E-state index is 0.0787. The second-order valence-electron chi connectivity index (χ2n) is 7.37. The molecule has 0 saturated carbocycles. The lowest BCUT2D eigenvalue weighted by Gasteiger charge is -2.34. The number of hydrogen-bond donors (Lipinski definition) is 2. The third kappa shape index (κ3) is 4.58. The molecule has 1 saturated heterocycles. The number of aromatic nitrogens is 1. The monoisotopic (exact) mass is 376 g/mol. The molecule has 5 nitrogen and oxygen atoms in total. The van der Waals surface area contributed by atoms with Crippen molar-refractivity contribution in [2.24, 2.45) is 0 Å². The first-order valence-electron chi connectivity index (χ1n) is 9.43. The highest BCUT2D eigenvalue weighted by Gasteiger charge is 2.20. The Balaban J connectivity index is 1.62. The molecule has 6 heteroatoms. The quantitative estimate of drug-likeness (QED) is 0.815. The molecule has 142 valence electrons. The van der Waals surface area contributed by atoms with Crippen molar-refractivity contribution in [1.82, 2.24) is 20.1 Å². The number of likely N-dealkylation sites (N-methyl/N-ethyl adjacent to an activating group) is 1. The van der Waals surface area contributed by atoms with Crippen LogP contribution in [0.5, 0.6) is 0 Å². The van der Waals surface area contributed by atoms with Crippen molar-refractivity contribution in [2.45, 2.75) is 32.7 Å². The van der Waals surface area contributed by atoms with E-state index in [4.69, 9.17) is 11.6 Å². The molecule has 26 heavy (non-hydrogen) atoms. The van der Waals surface area contributed by atoms with Crippen LogP contribution < -0.4 is 5.32 Å². The number of hydrogen-bond acceptors (Lipinski definition) is 3. The Labute approximate surface area is 160 Å². The van der Waals surface area contributed by atoms with Gasteiger partial charge in [0.25, 0.3) is 0 Å². The van der Waals surface area contributed by atoms with Crippen LogP contribution in [-0.4, -0.2) is 66.5 Å². The lowest BCUT2D eigenvalue weighted by Crippen LogP contribution is -2.50. The average molecular weight is 377 g/mol. The predicted octanol–water partition coefficient (Wildman–Crippen LogP) is 2.81. The summed E-state index contributed by atoms with van der Waals surface area (Å²) in [7, 11) is 2.16. The zero-order valence-electron chi connectivity index (χ0n) is 15.9. The van der Waals surface area contributed by atoms with Crippen molar-refractivity contribution in [3.8, 4) is 0 Å². The van der Waals surface area contributed by atoms with Gasteiger partial charge in [-0.3, -0.25) is 9.69 Å². The van der Waals surface area contributed by atoms with Crippen molar-refractivity contribution < 1.29 is 4.79 Å². The van der Waals surface area contributed by atoms with Gasteiger partial charge in [0.2, 0.25) is 5.91 Å². The highest BCUT2D eigenvalue weighted by molar-refractivity contribution is 6.31. The standard InChI is InChI=1S/C20H29ClN4O/c1-4-16(13-25-9-7-24(3)8-10-25)23-20(26)12-17-14(2)22-19-6-5-15(21)11-18(17)19/h5-6,11,16,22H,4,7-10,12-13H2,1-3H3,(H,23,26). The van der Waals surface area contributed by atoms with E-state index in [0.717, 1.165) is 61.3 Å². The molecule has 2 N–H and O–H groups in total. The molecule has 2 aromatic rings. The Morgan fingerprint density at radius 3 is 2.73 bits per heavy atom. The first-order chi connectivity index (χ1) is 12.5. The van der Waals surface area contributed by atoms with Crippen molar-refractivity contribution in [3.05, 3.63) is 34.5 Å². The van der Waals surface area contributed by atoms with Crippen LogP contribution >= 0.6 is 11.6 Å². The summed E-state index contributed by atoms with van der Waals surface area (Å²) < 4.78 is 0. The van der Waals surface area contributed by atoms with Crippen LogP contribution in [0.3, 0.4) is 0 Å². The van der Waals surface area contributed by atoms with E-state index in [1.54, 1.807) is 0 Å². The summed E-state index contributed by atoms with van der Waals surface area (Å²) in [5, 5.41) is 4.96. The van der Waals surface area contributed by atoms with Crippen LogP contribution in [0.15, 0.2) is 18.2 Å². The Morgan fingerprint density at radius 2 is 2.04 bits per heavy atom. The van der Waals surface area contributed by atoms with Crippen LogP contribution in [0.4, 0.5) is 0 Å². The van der Waals surface area contributed by atoms with Crippen LogP contribution in [0.25, 0.3) is 10.9 Å². The van der Waals surface area contributed by atoms with E-state index < -0.39 is 0 Å². The number of nitrogens with zero attached hydrogens (tertiary/aromatic N) is 2. The summed E-state index contributed by atoms with van der Waals surface area (Å²) in [6, 6.07) is 5.96. The number of halogens is 1. The molecule has 0 spiro atoms. The lowest BCUT2D eigenvalue weighted by atomic mass is 10.1. The summed E-state index contributed by atoms with van der Waals surface area (Å²) in [4.78, 5) is 20.8. The van der Waals surface area contributed by atoms with Gasteiger partial charge in [0.15, 0.2) is 0 Å². The molecule has 3 rings (SSSR count). The van der Waals surface area contributed by atoms with Gasteiger partial charge in [0.1, 0.15) is 0 Å². The molecule has 2 heterocycles. The zero-order chi connectivity index (χ0) is 18.7. The third-order valence-corrected chi connectivity index (χ3v) is 5.59. The maximum Gasteiger partial charge on any atom is 0.224 e. The highest BCUT2D eigenvalue weighted by Crippen LogP contribution is 2.25. The number of rotatable bonds is 6. The number of carbonyl (C=O) groups is 1. The molecular weight excluding hydrogens is 348 g/mol. The molecule has 1 aliphatic rings. The number of piperazine rings is 1. The first-order valence-corrected chi connectivity index (χ1v) is 9.81. The molecule has 1 amide bonds. The summed E-state index contributed by atoms with van der Waals surface area (Å²) in [5.41, 5.74) is 3.10. The Bertz CT molecular complexity index is 765. The van der Waals surface area contributed by atoms with Gasteiger partial charge in [-0.1, -0.05) is 18.5 Å². The summed E-state index contributed by atoms with van der Waals surface area (Å²) >= 11 is 6.14. The van der Waals surface area contributed by atoms with Crippen molar-refractivity contribution in [1.29, 1.82) is 0 Å². The Morgan fingerprint density at radius 1 is 1.31 bits per heavy atom. The Hall–Kier alpha value is -1.56.